The van der Waals surface area contributed by atoms with Crippen LogP contribution in [0.2, 0.25) is 0 Å². The predicted octanol–water partition coefficient (Wildman–Crippen LogP) is 5.54. The molecule has 2 aromatic rings. The zero-order chi connectivity index (χ0) is 26.4. The smallest absolute Gasteiger partial charge is 0.244 e. The van der Waals surface area contributed by atoms with Crippen molar-refractivity contribution < 1.29 is 17.6 Å². The first-order chi connectivity index (χ1) is 16.2. The molecular weight excluding hydrogens is 465 g/mol. The van der Waals surface area contributed by atoms with E-state index in [-0.39, 0.29) is 29.1 Å². The van der Waals surface area contributed by atoms with Crippen molar-refractivity contribution in [3.8, 4) is 0 Å². The predicted molar refractivity (Wildman–Crippen MR) is 144 cm³/mol. The van der Waals surface area contributed by atoms with E-state index in [0.717, 1.165) is 24.1 Å². The topological polar surface area (TPSA) is 87.3 Å². The molecule has 0 heterocycles. The Morgan fingerprint density at radius 2 is 1.83 bits per heavy atom. The Morgan fingerprint density at radius 3 is 2.40 bits per heavy atom. The lowest BCUT2D eigenvalue weighted by molar-refractivity contribution is -0.116. The van der Waals surface area contributed by atoms with Crippen LogP contribution in [0.5, 0.6) is 0 Å². The molecule has 0 aliphatic carbocycles. The molecular formula is C27H36FN3O3S. The Kier molecular flexibility index (Phi) is 9.26. The number of sulfonamides is 1. The van der Waals surface area contributed by atoms with Crippen molar-refractivity contribution in [2.24, 2.45) is 5.92 Å². The van der Waals surface area contributed by atoms with Crippen LogP contribution in [-0.4, -0.2) is 27.1 Å². The second kappa shape index (κ2) is 11.5. The van der Waals surface area contributed by atoms with Crippen molar-refractivity contribution in [2.75, 3.05) is 22.8 Å². The Balaban J connectivity index is 2.16. The minimum absolute atomic E-state index is 0.000170. The maximum absolute atomic E-state index is 14.5. The highest BCUT2D eigenvalue weighted by molar-refractivity contribution is 7.92. The molecule has 0 aliphatic heterocycles. The first-order valence-corrected chi connectivity index (χ1v) is 13.4. The van der Waals surface area contributed by atoms with Crippen molar-refractivity contribution in [1.29, 1.82) is 0 Å². The average molecular weight is 502 g/mol. The first kappa shape index (κ1) is 28.1. The van der Waals surface area contributed by atoms with Gasteiger partial charge in [-0.1, -0.05) is 59.4 Å². The first-order valence-electron chi connectivity index (χ1n) is 11.5. The number of halogens is 1. The van der Waals surface area contributed by atoms with Crippen LogP contribution in [0.3, 0.4) is 0 Å². The van der Waals surface area contributed by atoms with Crippen molar-refractivity contribution in [3.63, 3.8) is 0 Å². The molecule has 0 aliphatic rings. The highest BCUT2D eigenvalue weighted by Gasteiger charge is 2.16. The van der Waals surface area contributed by atoms with E-state index in [1.54, 1.807) is 12.1 Å². The molecule has 0 spiro atoms. The molecule has 0 aromatic heterocycles. The zero-order valence-corrected chi connectivity index (χ0v) is 22.1. The summed E-state index contributed by atoms with van der Waals surface area (Å²) in [4.78, 5) is 12.5. The van der Waals surface area contributed by atoms with Gasteiger partial charge in [-0.2, -0.15) is 0 Å². The Morgan fingerprint density at radius 1 is 1.14 bits per heavy atom. The van der Waals surface area contributed by atoms with Gasteiger partial charge < -0.3 is 10.6 Å². The molecule has 0 saturated heterocycles. The fraction of sp³-hybridized carbons (Fsp3) is 0.370. The minimum atomic E-state index is -3.65. The van der Waals surface area contributed by atoms with Gasteiger partial charge in [0, 0.05) is 30.4 Å². The lowest BCUT2D eigenvalue weighted by Crippen LogP contribution is -2.21. The number of rotatable bonds is 10. The Bertz CT molecular complexity index is 1210. The van der Waals surface area contributed by atoms with Gasteiger partial charge in [0.2, 0.25) is 15.9 Å². The quantitative estimate of drug-likeness (QED) is 0.373. The van der Waals surface area contributed by atoms with Gasteiger partial charge >= 0.3 is 0 Å². The van der Waals surface area contributed by atoms with E-state index in [2.05, 4.69) is 68.7 Å². The molecule has 8 heteroatoms. The standard InChI is InChI=1S/C27H36FN3O3S/c1-8-20-13-19(14-23(28)26(20)31-35(7,33)34)17-30-25(32)12-10-21-9-11-22(27(4,5)6)15-24(21)29-16-18(2)3/h8-15,18,29,31H,1,16-17H2,2-7H3,(H,30,32)/b12-10+. The number of hydrogen-bond donors (Lipinski definition) is 3. The molecule has 190 valence electrons. The van der Waals surface area contributed by atoms with Gasteiger partial charge in [-0.25, -0.2) is 12.8 Å². The molecule has 0 saturated carbocycles. The number of nitrogens with one attached hydrogen (secondary N) is 3. The minimum Gasteiger partial charge on any atom is -0.384 e. The number of hydrogen-bond acceptors (Lipinski definition) is 4. The molecule has 3 N–H and O–H groups in total. The molecule has 0 unspecified atom stereocenters. The van der Waals surface area contributed by atoms with Crippen LogP contribution in [0.15, 0.2) is 43.0 Å². The molecule has 1 amide bonds. The summed E-state index contributed by atoms with van der Waals surface area (Å²) in [5, 5.41) is 6.20. The molecule has 0 fully saturated rings. The fourth-order valence-corrected chi connectivity index (χ4v) is 3.88. The van der Waals surface area contributed by atoms with Gasteiger partial charge in [0.15, 0.2) is 0 Å². The summed E-state index contributed by atoms with van der Waals surface area (Å²) in [7, 11) is -3.65. The molecule has 2 rings (SSSR count). The van der Waals surface area contributed by atoms with E-state index < -0.39 is 15.8 Å². The van der Waals surface area contributed by atoms with E-state index in [4.69, 9.17) is 0 Å². The van der Waals surface area contributed by atoms with Gasteiger partial charge in [-0.3, -0.25) is 9.52 Å². The summed E-state index contributed by atoms with van der Waals surface area (Å²) in [6, 6.07) is 8.93. The summed E-state index contributed by atoms with van der Waals surface area (Å²) in [6.45, 7) is 15.2. The monoisotopic (exact) mass is 501 g/mol. The van der Waals surface area contributed by atoms with Crippen LogP contribution in [-0.2, 0) is 26.8 Å². The molecule has 0 atom stereocenters. The third kappa shape index (κ3) is 8.87. The number of anilines is 2. The number of amides is 1. The normalized spacial score (nSPS) is 12.1. The number of carbonyl (C=O) groups excluding carboxylic acids is 1. The Hall–Kier alpha value is -3.13. The van der Waals surface area contributed by atoms with Gasteiger partial charge in [0.05, 0.1) is 11.9 Å². The Labute approximate surface area is 208 Å². The molecule has 35 heavy (non-hydrogen) atoms. The third-order valence-corrected chi connectivity index (χ3v) is 5.76. The van der Waals surface area contributed by atoms with Crippen LogP contribution in [0.1, 0.15) is 56.9 Å². The van der Waals surface area contributed by atoms with Crippen molar-refractivity contribution >= 4 is 39.5 Å². The lowest BCUT2D eigenvalue weighted by atomic mass is 9.86. The van der Waals surface area contributed by atoms with Crippen molar-refractivity contribution in [1.82, 2.24) is 5.32 Å². The van der Waals surface area contributed by atoms with E-state index in [0.29, 0.717) is 11.5 Å². The van der Waals surface area contributed by atoms with Gasteiger partial charge in [0.1, 0.15) is 5.82 Å². The van der Waals surface area contributed by atoms with Crippen LogP contribution < -0.4 is 15.4 Å². The van der Waals surface area contributed by atoms with Crippen LogP contribution >= 0.6 is 0 Å². The van der Waals surface area contributed by atoms with Crippen LogP contribution in [0, 0.1) is 11.7 Å². The van der Waals surface area contributed by atoms with E-state index >= 15 is 0 Å². The van der Waals surface area contributed by atoms with Crippen LogP contribution in [0.25, 0.3) is 12.2 Å². The van der Waals surface area contributed by atoms with E-state index in [1.807, 2.05) is 6.07 Å². The summed E-state index contributed by atoms with van der Waals surface area (Å²) >= 11 is 0. The van der Waals surface area contributed by atoms with Crippen molar-refractivity contribution in [3.05, 3.63) is 71.1 Å². The number of carbonyl (C=O) groups is 1. The number of benzene rings is 2. The third-order valence-electron chi connectivity index (χ3n) is 5.19. The summed E-state index contributed by atoms with van der Waals surface area (Å²) in [5.41, 5.74) is 3.64. The van der Waals surface area contributed by atoms with Gasteiger partial charge in [-0.05, 0) is 52.3 Å². The maximum Gasteiger partial charge on any atom is 0.244 e. The SMILES string of the molecule is C=Cc1cc(CNC(=O)/C=C/c2ccc(C(C)(C)C)cc2NCC(C)C)cc(F)c1NS(C)(=O)=O. The van der Waals surface area contributed by atoms with E-state index in [1.165, 1.54) is 23.8 Å². The summed E-state index contributed by atoms with van der Waals surface area (Å²) in [5.74, 6) is -0.612. The molecule has 0 bridgehead atoms. The summed E-state index contributed by atoms with van der Waals surface area (Å²) in [6.07, 6.45) is 5.49. The molecule has 2 aromatic carbocycles. The second-order valence-corrected chi connectivity index (χ2v) is 11.7. The van der Waals surface area contributed by atoms with Crippen molar-refractivity contribution in [2.45, 2.75) is 46.6 Å². The largest absolute Gasteiger partial charge is 0.384 e. The highest BCUT2D eigenvalue weighted by atomic mass is 32.2. The lowest BCUT2D eigenvalue weighted by Gasteiger charge is -2.22. The molecule has 0 radical (unpaired) electrons. The van der Waals surface area contributed by atoms with Gasteiger partial charge in [0.25, 0.3) is 0 Å². The van der Waals surface area contributed by atoms with Gasteiger partial charge in [-0.15, -0.1) is 0 Å². The second-order valence-electron chi connectivity index (χ2n) is 10.00. The zero-order valence-electron chi connectivity index (χ0n) is 21.3. The molecule has 6 nitrogen and oxygen atoms in total. The maximum atomic E-state index is 14.5. The fourth-order valence-electron chi connectivity index (χ4n) is 3.29. The van der Waals surface area contributed by atoms with Crippen LogP contribution in [0.4, 0.5) is 15.8 Å². The highest BCUT2D eigenvalue weighted by Crippen LogP contribution is 2.28. The average Bonchev–Trinajstić information content (AvgIpc) is 2.74. The van der Waals surface area contributed by atoms with E-state index in [9.17, 15) is 17.6 Å². The summed E-state index contributed by atoms with van der Waals surface area (Å²) < 4.78 is 39.6.